The molecular formula is C29H32N2O8. The predicted molar refractivity (Wildman–Crippen MR) is 139 cm³/mol. The summed E-state index contributed by atoms with van der Waals surface area (Å²) in [6.07, 6.45) is 0.653. The van der Waals surface area contributed by atoms with Gasteiger partial charge in [0, 0.05) is 29.5 Å². The van der Waals surface area contributed by atoms with Crippen molar-refractivity contribution in [1.29, 1.82) is 0 Å². The second kappa shape index (κ2) is 11.4. The molecule has 1 saturated heterocycles. The lowest BCUT2D eigenvalue weighted by atomic mass is 9.94. The third-order valence-corrected chi connectivity index (χ3v) is 7.34. The van der Waals surface area contributed by atoms with E-state index in [9.17, 15) is 14.7 Å². The number of carbonyl (C=O) groups is 2. The van der Waals surface area contributed by atoms with Crippen LogP contribution in [0, 0.1) is 0 Å². The average molecular weight is 537 g/mol. The number of carbonyl (C=O) groups excluding carboxylic acids is 2. The monoisotopic (exact) mass is 536 g/mol. The molecule has 0 bridgehead atoms. The zero-order chi connectivity index (χ0) is 27.5. The van der Waals surface area contributed by atoms with Crippen LogP contribution in [-0.2, 0) is 9.53 Å². The van der Waals surface area contributed by atoms with Crippen LogP contribution >= 0.6 is 0 Å². The van der Waals surface area contributed by atoms with Gasteiger partial charge in [-0.05, 0) is 24.0 Å². The molecule has 0 radical (unpaired) electrons. The van der Waals surface area contributed by atoms with Gasteiger partial charge in [-0.15, -0.1) is 0 Å². The van der Waals surface area contributed by atoms with Gasteiger partial charge in [-0.25, -0.2) is 0 Å². The molecule has 1 aromatic heterocycles. The number of nitrogens with zero attached hydrogens (tertiary/aromatic N) is 1. The number of quaternary nitrogens is 1. The minimum Gasteiger partial charge on any atom is -0.868 e. The second-order valence-corrected chi connectivity index (χ2v) is 9.51. The predicted octanol–water partition coefficient (Wildman–Crippen LogP) is 1.14. The van der Waals surface area contributed by atoms with Crippen LogP contribution in [0.15, 0.2) is 58.2 Å². The van der Waals surface area contributed by atoms with Gasteiger partial charge in [0.15, 0.2) is 28.6 Å². The lowest BCUT2D eigenvalue weighted by Crippen LogP contribution is -3.14. The van der Waals surface area contributed by atoms with Crippen LogP contribution in [0.1, 0.15) is 28.6 Å². The quantitative estimate of drug-likeness (QED) is 0.384. The van der Waals surface area contributed by atoms with Crippen molar-refractivity contribution in [3.05, 3.63) is 65.1 Å². The number of ether oxygens (including phenoxy) is 4. The summed E-state index contributed by atoms with van der Waals surface area (Å²) in [7, 11) is 4.50. The summed E-state index contributed by atoms with van der Waals surface area (Å²) >= 11 is 0. The van der Waals surface area contributed by atoms with E-state index in [2.05, 4.69) is 0 Å². The SMILES string of the molecule is COc1cccc(C2C(C(=O)c3cc4cccc(OC)c4o3)=C([O-])C(=O)N2CCC[NH+]2CCOCC2)c1OC. The van der Waals surface area contributed by atoms with Crippen LogP contribution in [0.5, 0.6) is 17.2 Å². The summed E-state index contributed by atoms with van der Waals surface area (Å²) in [4.78, 5) is 30.2. The third kappa shape index (κ3) is 4.93. The maximum atomic E-state index is 13.9. The van der Waals surface area contributed by atoms with E-state index in [0.717, 1.165) is 19.6 Å². The average Bonchev–Trinajstić information content (AvgIpc) is 3.52. The molecule has 206 valence electrons. The summed E-state index contributed by atoms with van der Waals surface area (Å²) in [5.41, 5.74) is 0.705. The van der Waals surface area contributed by atoms with Crippen molar-refractivity contribution in [3.63, 3.8) is 0 Å². The molecule has 10 heteroatoms. The Kier molecular flexibility index (Phi) is 7.76. The number of Topliss-reactive ketones (excluding diaryl/α,β-unsaturated/α-hetero) is 1. The maximum Gasteiger partial charge on any atom is 0.239 e. The Morgan fingerprint density at radius 2 is 1.77 bits per heavy atom. The van der Waals surface area contributed by atoms with Gasteiger partial charge >= 0.3 is 0 Å². The van der Waals surface area contributed by atoms with Crippen LogP contribution in [0.25, 0.3) is 11.0 Å². The summed E-state index contributed by atoms with van der Waals surface area (Å²) in [5, 5.41) is 14.1. The molecule has 2 aromatic carbocycles. The number of morpholine rings is 1. The second-order valence-electron chi connectivity index (χ2n) is 9.51. The highest BCUT2D eigenvalue weighted by molar-refractivity contribution is 6.16. The number of hydrogen-bond acceptors (Lipinski definition) is 8. The number of amides is 1. The van der Waals surface area contributed by atoms with Gasteiger partial charge in [0.1, 0.15) is 13.1 Å². The van der Waals surface area contributed by atoms with Gasteiger partial charge in [-0.1, -0.05) is 24.3 Å². The zero-order valence-corrected chi connectivity index (χ0v) is 22.3. The molecule has 0 aliphatic carbocycles. The molecule has 1 N–H and O–H groups in total. The smallest absolute Gasteiger partial charge is 0.239 e. The van der Waals surface area contributed by atoms with Crippen LogP contribution in [0.3, 0.4) is 0 Å². The molecule has 10 nitrogen and oxygen atoms in total. The van der Waals surface area contributed by atoms with Crippen molar-refractivity contribution in [2.45, 2.75) is 12.5 Å². The molecule has 2 aliphatic rings. The van der Waals surface area contributed by atoms with Crippen LogP contribution in [-0.4, -0.2) is 77.3 Å². The lowest BCUT2D eigenvalue weighted by molar-refractivity contribution is -0.908. The molecule has 2 aliphatic heterocycles. The molecular weight excluding hydrogens is 504 g/mol. The number of furan rings is 1. The number of para-hydroxylation sites is 2. The van der Waals surface area contributed by atoms with E-state index < -0.39 is 23.5 Å². The molecule has 1 fully saturated rings. The molecule has 39 heavy (non-hydrogen) atoms. The number of rotatable bonds is 10. The summed E-state index contributed by atoms with van der Waals surface area (Å²) < 4.78 is 27.8. The van der Waals surface area contributed by atoms with Crippen LogP contribution < -0.4 is 24.2 Å². The van der Waals surface area contributed by atoms with Crippen LogP contribution in [0.2, 0.25) is 0 Å². The fourth-order valence-electron chi connectivity index (χ4n) is 5.40. The van der Waals surface area contributed by atoms with Gasteiger partial charge in [0.2, 0.25) is 11.7 Å². The Morgan fingerprint density at radius 1 is 1.05 bits per heavy atom. The summed E-state index contributed by atoms with van der Waals surface area (Å²) in [6, 6.07) is 11.1. The first-order valence-corrected chi connectivity index (χ1v) is 12.9. The molecule has 1 amide bonds. The van der Waals surface area contributed by atoms with Crippen molar-refractivity contribution in [1.82, 2.24) is 4.90 Å². The lowest BCUT2D eigenvalue weighted by Gasteiger charge is -2.30. The standard InChI is InChI=1S/C29H32N2O8/c1-35-20-9-4-7-18-17-22(39-27(18)20)25(32)23-24(19-8-5-10-21(36-2)28(19)37-3)31(29(34)26(23)33)12-6-11-30-13-15-38-16-14-30/h4-5,7-10,17,24,33H,6,11-16H2,1-3H3. The van der Waals surface area contributed by atoms with E-state index in [1.807, 2.05) is 0 Å². The molecule has 0 saturated carbocycles. The van der Waals surface area contributed by atoms with Gasteiger partial charge in [-0.2, -0.15) is 0 Å². The van der Waals surface area contributed by atoms with Crippen LogP contribution in [0.4, 0.5) is 0 Å². The highest BCUT2D eigenvalue weighted by Crippen LogP contribution is 2.45. The number of benzene rings is 2. The van der Waals surface area contributed by atoms with Crippen molar-refractivity contribution in [2.75, 3.05) is 60.7 Å². The normalized spacial score (nSPS) is 18.2. The number of hydrogen-bond donors (Lipinski definition) is 1. The maximum absolute atomic E-state index is 13.9. The Bertz CT molecular complexity index is 1410. The van der Waals surface area contributed by atoms with Gasteiger partial charge in [-0.3, -0.25) is 9.59 Å². The molecule has 3 heterocycles. The summed E-state index contributed by atoms with van der Waals surface area (Å²) in [6.45, 7) is 4.31. The van der Waals surface area contributed by atoms with E-state index in [-0.39, 0.29) is 11.3 Å². The molecule has 5 rings (SSSR count). The fourth-order valence-corrected chi connectivity index (χ4v) is 5.40. The minimum absolute atomic E-state index is 0.0443. The zero-order valence-electron chi connectivity index (χ0n) is 22.3. The Hall–Kier alpha value is -4.02. The minimum atomic E-state index is -0.961. The van der Waals surface area contributed by atoms with Crippen molar-refractivity contribution >= 4 is 22.7 Å². The van der Waals surface area contributed by atoms with Gasteiger partial charge in [0.25, 0.3) is 0 Å². The first-order chi connectivity index (χ1) is 19.0. The van der Waals surface area contributed by atoms with Crippen molar-refractivity contribution < 1.29 is 43.0 Å². The van der Waals surface area contributed by atoms with E-state index in [4.69, 9.17) is 23.4 Å². The van der Waals surface area contributed by atoms with E-state index in [1.54, 1.807) is 42.5 Å². The fraction of sp³-hybridized carbons (Fsp3) is 0.379. The highest BCUT2D eigenvalue weighted by atomic mass is 16.5. The number of ketones is 1. The third-order valence-electron chi connectivity index (χ3n) is 7.34. The Morgan fingerprint density at radius 3 is 2.49 bits per heavy atom. The van der Waals surface area contributed by atoms with Gasteiger partial charge in [0.05, 0.1) is 47.1 Å². The number of nitrogens with one attached hydrogen (secondary N) is 1. The first-order valence-electron chi connectivity index (χ1n) is 12.9. The van der Waals surface area contributed by atoms with Gasteiger partial charge < -0.3 is 38.3 Å². The van der Waals surface area contributed by atoms with E-state index >= 15 is 0 Å². The molecule has 0 spiro atoms. The first kappa shape index (κ1) is 26.6. The van der Waals surface area contributed by atoms with Crippen molar-refractivity contribution in [3.8, 4) is 17.2 Å². The number of methoxy groups -OCH3 is 3. The van der Waals surface area contributed by atoms with E-state index in [0.29, 0.717) is 60.0 Å². The molecule has 3 aromatic rings. The number of fused-ring (bicyclic) bond motifs is 1. The van der Waals surface area contributed by atoms with E-state index in [1.165, 1.54) is 31.1 Å². The topological polar surface area (TPSA) is 115 Å². The summed E-state index contributed by atoms with van der Waals surface area (Å²) in [5.74, 6) is -1.02. The molecule has 1 unspecified atom stereocenters. The Labute approximate surface area is 226 Å². The van der Waals surface area contributed by atoms with Crippen molar-refractivity contribution in [2.24, 2.45) is 0 Å². The highest BCUT2D eigenvalue weighted by Gasteiger charge is 2.42. The molecule has 1 atom stereocenters. The Balaban J connectivity index is 1.54. The largest absolute Gasteiger partial charge is 0.868 e.